The first kappa shape index (κ1) is 16.7. The van der Waals surface area contributed by atoms with Crippen LogP contribution in [0.1, 0.15) is 50.4 Å². The molecule has 2 fully saturated rings. The fourth-order valence-electron chi connectivity index (χ4n) is 4.30. The minimum absolute atomic E-state index is 0.0311. The number of rotatable bonds is 4. The molecule has 1 aromatic carbocycles. The first-order chi connectivity index (χ1) is 11.3. The first-order valence-electron chi connectivity index (χ1n) is 8.60. The SMILES string of the molecule is C=C1C(C)(C)[C@@H]2CC[C@]1(C(=O)Nc1ccc(C(=O)OCC)cc1)C2. The van der Waals surface area contributed by atoms with Crippen LogP contribution in [0, 0.1) is 16.7 Å². The van der Waals surface area contributed by atoms with E-state index < -0.39 is 5.41 Å². The monoisotopic (exact) mass is 327 g/mol. The maximum Gasteiger partial charge on any atom is 0.338 e. The highest BCUT2D eigenvalue weighted by molar-refractivity contribution is 5.99. The van der Waals surface area contributed by atoms with Gasteiger partial charge in [0.05, 0.1) is 17.6 Å². The molecule has 3 rings (SSSR count). The largest absolute Gasteiger partial charge is 0.462 e. The molecule has 4 heteroatoms. The number of hydrogen-bond acceptors (Lipinski definition) is 3. The van der Waals surface area contributed by atoms with Crippen LogP contribution in [0.15, 0.2) is 36.4 Å². The maximum atomic E-state index is 13.0. The summed E-state index contributed by atoms with van der Waals surface area (Å²) in [4.78, 5) is 24.6. The zero-order chi connectivity index (χ0) is 17.5. The molecule has 24 heavy (non-hydrogen) atoms. The maximum absolute atomic E-state index is 13.0. The molecule has 0 radical (unpaired) electrons. The molecular weight excluding hydrogens is 302 g/mol. The summed E-state index contributed by atoms with van der Waals surface area (Å²) < 4.78 is 4.97. The van der Waals surface area contributed by atoms with Crippen LogP contribution in [0.4, 0.5) is 5.69 Å². The molecular formula is C20H25NO3. The van der Waals surface area contributed by atoms with Crippen LogP contribution >= 0.6 is 0 Å². The van der Waals surface area contributed by atoms with Gasteiger partial charge >= 0.3 is 5.97 Å². The highest BCUT2D eigenvalue weighted by Gasteiger charge is 2.60. The summed E-state index contributed by atoms with van der Waals surface area (Å²) in [6.45, 7) is 10.8. The second kappa shape index (κ2) is 5.76. The number of hydrogen-bond donors (Lipinski definition) is 1. The summed E-state index contributed by atoms with van der Waals surface area (Å²) in [6, 6.07) is 6.85. The van der Waals surface area contributed by atoms with Gasteiger partial charge in [-0.05, 0) is 61.8 Å². The van der Waals surface area contributed by atoms with Gasteiger partial charge in [0.15, 0.2) is 0 Å². The number of esters is 1. The van der Waals surface area contributed by atoms with Gasteiger partial charge in [-0.15, -0.1) is 0 Å². The molecule has 2 atom stereocenters. The third kappa shape index (κ3) is 2.45. The third-order valence-electron chi connectivity index (χ3n) is 5.98. The van der Waals surface area contributed by atoms with E-state index >= 15 is 0 Å². The average Bonchev–Trinajstić information content (AvgIpc) is 3.08. The van der Waals surface area contributed by atoms with Gasteiger partial charge in [0.1, 0.15) is 0 Å². The van der Waals surface area contributed by atoms with E-state index in [-0.39, 0.29) is 17.3 Å². The number of ether oxygens (including phenoxy) is 1. The number of benzene rings is 1. The zero-order valence-electron chi connectivity index (χ0n) is 14.6. The van der Waals surface area contributed by atoms with Gasteiger partial charge in [0.25, 0.3) is 0 Å². The van der Waals surface area contributed by atoms with Crippen LogP contribution in [-0.2, 0) is 9.53 Å². The van der Waals surface area contributed by atoms with Crippen molar-refractivity contribution in [3.63, 3.8) is 0 Å². The Balaban J connectivity index is 1.74. The molecule has 1 aromatic rings. The molecule has 0 spiro atoms. The summed E-state index contributed by atoms with van der Waals surface area (Å²) in [5.74, 6) is 0.227. The van der Waals surface area contributed by atoms with Crippen molar-refractivity contribution in [3.05, 3.63) is 42.0 Å². The van der Waals surface area contributed by atoms with E-state index in [2.05, 4.69) is 25.7 Å². The Morgan fingerprint density at radius 2 is 1.96 bits per heavy atom. The Bertz CT molecular complexity index is 689. The summed E-state index contributed by atoms with van der Waals surface area (Å²) in [6.07, 6.45) is 2.86. The number of carbonyl (C=O) groups excluding carboxylic acids is 2. The van der Waals surface area contributed by atoms with E-state index in [4.69, 9.17) is 4.74 Å². The topological polar surface area (TPSA) is 55.4 Å². The predicted molar refractivity (Wildman–Crippen MR) is 93.7 cm³/mol. The van der Waals surface area contributed by atoms with Crippen molar-refractivity contribution >= 4 is 17.6 Å². The van der Waals surface area contributed by atoms with Crippen molar-refractivity contribution < 1.29 is 14.3 Å². The van der Waals surface area contributed by atoms with Crippen molar-refractivity contribution in [2.75, 3.05) is 11.9 Å². The number of nitrogens with one attached hydrogen (secondary N) is 1. The van der Waals surface area contributed by atoms with Gasteiger partial charge in [-0.25, -0.2) is 4.79 Å². The molecule has 128 valence electrons. The van der Waals surface area contributed by atoms with E-state index in [0.29, 0.717) is 23.8 Å². The first-order valence-corrected chi connectivity index (χ1v) is 8.60. The Labute approximate surface area is 143 Å². The van der Waals surface area contributed by atoms with Crippen molar-refractivity contribution in [2.24, 2.45) is 16.7 Å². The minimum Gasteiger partial charge on any atom is -0.462 e. The quantitative estimate of drug-likeness (QED) is 0.666. The van der Waals surface area contributed by atoms with Crippen LogP contribution in [0.5, 0.6) is 0 Å². The molecule has 2 bridgehead atoms. The molecule has 2 aliphatic rings. The molecule has 2 saturated carbocycles. The third-order valence-corrected chi connectivity index (χ3v) is 5.98. The second-order valence-electron chi connectivity index (χ2n) is 7.47. The Hall–Kier alpha value is -2.10. The molecule has 4 nitrogen and oxygen atoms in total. The lowest BCUT2D eigenvalue weighted by atomic mass is 9.68. The minimum atomic E-state index is -0.437. The fourth-order valence-corrected chi connectivity index (χ4v) is 4.30. The number of fused-ring (bicyclic) bond motifs is 2. The fraction of sp³-hybridized carbons (Fsp3) is 0.500. The van der Waals surface area contributed by atoms with E-state index in [1.54, 1.807) is 31.2 Å². The molecule has 0 unspecified atom stereocenters. The lowest BCUT2D eigenvalue weighted by Gasteiger charge is -2.37. The zero-order valence-corrected chi connectivity index (χ0v) is 14.6. The molecule has 0 saturated heterocycles. The van der Waals surface area contributed by atoms with Gasteiger partial charge in [0, 0.05) is 5.69 Å². The van der Waals surface area contributed by atoms with Crippen molar-refractivity contribution in [1.82, 2.24) is 0 Å². The highest BCUT2D eigenvalue weighted by Crippen LogP contribution is 2.65. The lowest BCUT2D eigenvalue weighted by molar-refractivity contribution is -0.123. The van der Waals surface area contributed by atoms with Gasteiger partial charge in [-0.2, -0.15) is 0 Å². The summed E-state index contributed by atoms with van der Waals surface area (Å²) in [7, 11) is 0. The molecule has 0 aromatic heterocycles. The standard InChI is InChI=1S/C20H25NO3/c1-5-24-17(22)14-6-8-16(9-7-14)21-18(23)20-11-10-15(12-20)19(3,4)13(20)2/h6-9,15H,2,5,10-12H2,1,3-4H3,(H,21,23)/t15-,20+/m1/s1. The van der Waals surface area contributed by atoms with E-state index in [1.165, 1.54) is 0 Å². The number of anilines is 1. The van der Waals surface area contributed by atoms with Crippen molar-refractivity contribution in [1.29, 1.82) is 0 Å². The van der Waals surface area contributed by atoms with Gasteiger partial charge < -0.3 is 10.1 Å². The van der Waals surface area contributed by atoms with E-state index in [9.17, 15) is 9.59 Å². The smallest absolute Gasteiger partial charge is 0.338 e. The van der Waals surface area contributed by atoms with Crippen molar-refractivity contribution in [2.45, 2.75) is 40.0 Å². The second-order valence-corrected chi connectivity index (χ2v) is 7.47. The number of carbonyl (C=O) groups is 2. The molecule has 1 amide bonds. The Morgan fingerprint density at radius 3 is 2.50 bits per heavy atom. The van der Waals surface area contributed by atoms with E-state index in [0.717, 1.165) is 24.8 Å². The van der Waals surface area contributed by atoms with Crippen LogP contribution < -0.4 is 5.32 Å². The molecule has 2 aliphatic carbocycles. The van der Waals surface area contributed by atoms with Crippen LogP contribution in [0.25, 0.3) is 0 Å². The van der Waals surface area contributed by atoms with Crippen molar-refractivity contribution in [3.8, 4) is 0 Å². The molecule has 0 aliphatic heterocycles. The summed E-state index contributed by atoms with van der Waals surface area (Å²) in [5, 5.41) is 3.02. The van der Waals surface area contributed by atoms with Gasteiger partial charge in [-0.3, -0.25) is 4.79 Å². The van der Waals surface area contributed by atoms with Gasteiger partial charge in [-0.1, -0.05) is 26.0 Å². The van der Waals surface area contributed by atoms with Crippen LogP contribution in [0.3, 0.4) is 0 Å². The normalized spacial score (nSPS) is 27.1. The lowest BCUT2D eigenvalue weighted by Crippen LogP contribution is -2.37. The molecule has 1 N–H and O–H groups in total. The van der Waals surface area contributed by atoms with E-state index in [1.807, 2.05) is 0 Å². The Kier molecular flexibility index (Phi) is 4.02. The number of amides is 1. The predicted octanol–water partition coefficient (Wildman–Crippen LogP) is 4.18. The molecule has 0 heterocycles. The summed E-state index contributed by atoms with van der Waals surface area (Å²) >= 11 is 0. The highest BCUT2D eigenvalue weighted by atomic mass is 16.5. The van der Waals surface area contributed by atoms with Crippen LogP contribution in [0.2, 0.25) is 0 Å². The van der Waals surface area contributed by atoms with Crippen LogP contribution in [-0.4, -0.2) is 18.5 Å². The summed E-state index contributed by atoms with van der Waals surface area (Å²) in [5.41, 5.74) is 1.84. The average molecular weight is 327 g/mol. The Morgan fingerprint density at radius 1 is 1.29 bits per heavy atom. The van der Waals surface area contributed by atoms with Gasteiger partial charge in [0.2, 0.25) is 5.91 Å².